The lowest BCUT2D eigenvalue weighted by Gasteiger charge is -2.39. The molecule has 0 radical (unpaired) electrons. The molecule has 3 aliphatic rings. The zero-order valence-corrected chi connectivity index (χ0v) is 17.1. The molecular weight excluding hydrogens is 390 g/mol. The van der Waals surface area contributed by atoms with Crippen LogP contribution < -0.4 is 5.69 Å². The van der Waals surface area contributed by atoms with E-state index in [9.17, 15) is 13.6 Å². The number of rotatable bonds is 7. The number of piperidine rings is 1. The third-order valence-corrected chi connectivity index (χ3v) is 6.83. The molecule has 0 N–H and O–H groups in total. The molecule has 2 aromatic rings. The lowest BCUT2D eigenvalue weighted by molar-refractivity contribution is -0.0349. The molecule has 162 valence electrons. The Hall–Kier alpha value is -2.06. The van der Waals surface area contributed by atoms with E-state index in [4.69, 9.17) is 4.74 Å². The van der Waals surface area contributed by atoms with Gasteiger partial charge in [0.15, 0.2) is 0 Å². The number of alkyl halides is 1. The van der Waals surface area contributed by atoms with Crippen LogP contribution in [-0.4, -0.2) is 50.2 Å². The van der Waals surface area contributed by atoms with Crippen LogP contribution >= 0.6 is 0 Å². The fourth-order valence-corrected chi connectivity index (χ4v) is 5.37. The van der Waals surface area contributed by atoms with Crippen molar-refractivity contribution >= 4 is 0 Å². The predicted octanol–water partition coefficient (Wildman–Crippen LogP) is 2.68. The summed E-state index contributed by atoms with van der Waals surface area (Å²) in [5.41, 5.74) is 0.391. The number of halogens is 2. The van der Waals surface area contributed by atoms with Crippen LogP contribution in [0.25, 0.3) is 0 Å². The van der Waals surface area contributed by atoms with Gasteiger partial charge < -0.3 is 4.74 Å². The van der Waals surface area contributed by atoms with Crippen molar-refractivity contribution in [3.8, 4) is 0 Å². The van der Waals surface area contributed by atoms with Crippen LogP contribution in [0.4, 0.5) is 8.78 Å². The first-order valence-corrected chi connectivity index (χ1v) is 11.0. The molecule has 2 fully saturated rings. The van der Waals surface area contributed by atoms with Gasteiger partial charge in [0.2, 0.25) is 0 Å². The summed E-state index contributed by atoms with van der Waals surface area (Å²) in [5.74, 6) is 0.541. The average molecular weight is 418 g/mol. The third-order valence-electron chi connectivity index (χ3n) is 6.83. The number of ether oxygens (including phenoxy) is 1. The van der Waals surface area contributed by atoms with Gasteiger partial charge in [-0.25, -0.2) is 18.3 Å². The first-order chi connectivity index (χ1) is 14.6. The van der Waals surface area contributed by atoms with Crippen molar-refractivity contribution in [3.05, 3.63) is 52.0 Å². The normalized spacial score (nSPS) is 26.8. The Labute approximate surface area is 174 Å². The van der Waals surface area contributed by atoms with E-state index >= 15 is 0 Å². The van der Waals surface area contributed by atoms with E-state index in [1.54, 1.807) is 16.7 Å². The van der Waals surface area contributed by atoms with Crippen LogP contribution in [0.15, 0.2) is 29.1 Å². The molecule has 5 rings (SSSR count). The van der Waals surface area contributed by atoms with Gasteiger partial charge in [-0.1, -0.05) is 18.2 Å². The largest absolute Gasteiger partial charge is 0.373 e. The fraction of sp³-hybridized carbons (Fsp3) is 0.636. The zero-order chi connectivity index (χ0) is 20.7. The van der Waals surface area contributed by atoms with Gasteiger partial charge in [0, 0.05) is 37.2 Å². The molecule has 0 aliphatic carbocycles. The standard InChI is InChI=1S/C22H28F2N4O2/c23-16(13-28-22(29)26-9-3-6-21(26)25-28)12-27-17-7-8-18(27)11-19(10-17)30-14-15-4-1-2-5-20(15)24/h1-2,4-5,16-19H,3,6-14H2. The molecule has 6 nitrogen and oxygen atoms in total. The number of benzene rings is 1. The molecule has 3 aliphatic heterocycles. The minimum atomic E-state index is -1.13. The predicted molar refractivity (Wildman–Crippen MR) is 107 cm³/mol. The second-order valence-corrected chi connectivity index (χ2v) is 8.81. The number of hydrogen-bond acceptors (Lipinski definition) is 4. The summed E-state index contributed by atoms with van der Waals surface area (Å²) in [6.45, 7) is 1.30. The van der Waals surface area contributed by atoms with Crippen molar-refractivity contribution in [1.82, 2.24) is 19.2 Å². The van der Waals surface area contributed by atoms with Gasteiger partial charge in [-0.15, -0.1) is 0 Å². The molecule has 2 bridgehead atoms. The maximum Gasteiger partial charge on any atom is 0.346 e. The topological polar surface area (TPSA) is 52.3 Å². The summed E-state index contributed by atoms with van der Waals surface area (Å²) >= 11 is 0. The molecular formula is C22H28F2N4O2. The van der Waals surface area contributed by atoms with Crippen molar-refractivity contribution in [2.45, 2.75) is 82.6 Å². The molecule has 0 saturated carbocycles. The number of aromatic nitrogens is 3. The zero-order valence-electron chi connectivity index (χ0n) is 17.1. The van der Waals surface area contributed by atoms with Crippen molar-refractivity contribution in [2.75, 3.05) is 6.54 Å². The van der Waals surface area contributed by atoms with Crippen LogP contribution in [0, 0.1) is 5.82 Å². The van der Waals surface area contributed by atoms with E-state index in [0.717, 1.165) is 44.3 Å². The SMILES string of the molecule is O=c1n(CC(F)CN2C3CCC2CC(OCc2ccccc2F)C3)nc2n1CCC2. The molecule has 3 atom stereocenters. The van der Waals surface area contributed by atoms with Crippen LogP contribution in [0.5, 0.6) is 0 Å². The Bertz CT molecular complexity index is 945. The molecule has 0 spiro atoms. The second-order valence-electron chi connectivity index (χ2n) is 8.81. The van der Waals surface area contributed by atoms with E-state index < -0.39 is 6.17 Å². The van der Waals surface area contributed by atoms with Gasteiger partial charge >= 0.3 is 5.69 Å². The Morgan fingerprint density at radius 3 is 2.67 bits per heavy atom. The first-order valence-electron chi connectivity index (χ1n) is 11.0. The molecule has 2 saturated heterocycles. The van der Waals surface area contributed by atoms with Crippen molar-refractivity contribution in [1.29, 1.82) is 0 Å². The quantitative estimate of drug-likeness (QED) is 0.694. The summed E-state index contributed by atoms with van der Waals surface area (Å²) in [7, 11) is 0. The monoisotopic (exact) mass is 418 g/mol. The molecule has 30 heavy (non-hydrogen) atoms. The van der Waals surface area contributed by atoms with Gasteiger partial charge in [0.05, 0.1) is 19.3 Å². The van der Waals surface area contributed by atoms with Crippen LogP contribution in [0.2, 0.25) is 0 Å². The van der Waals surface area contributed by atoms with Crippen molar-refractivity contribution < 1.29 is 13.5 Å². The van der Waals surface area contributed by atoms with Gasteiger partial charge in [-0.05, 0) is 38.2 Å². The van der Waals surface area contributed by atoms with Gasteiger partial charge in [0.25, 0.3) is 0 Å². The van der Waals surface area contributed by atoms with E-state index in [1.165, 1.54) is 10.7 Å². The number of hydrogen-bond donors (Lipinski definition) is 0. The van der Waals surface area contributed by atoms with E-state index in [1.807, 2.05) is 6.07 Å². The summed E-state index contributed by atoms with van der Waals surface area (Å²) in [6, 6.07) is 7.27. The van der Waals surface area contributed by atoms with E-state index in [2.05, 4.69) is 10.00 Å². The first kappa shape index (κ1) is 19.9. The molecule has 1 aromatic heterocycles. The molecule has 1 aromatic carbocycles. The highest BCUT2D eigenvalue weighted by Crippen LogP contribution is 2.37. The van der Waals surface area contributed by atoms with Crippen LogP contribution in [-0.2, 0) is 30.9 Å². The number of fused-ring (bicyclic) bond motifs is 3. The fourth-order valence-electron chi connectivity index (χ4n) is 5.37. The molecule has 8 heteroatoms. The van der Waals surface area contributed by atoms with Crippen molar-refractivity contribution in [3.63, 3.8) is 0 Å². The Kier molecular flexibility index (Phi) is 5.45. The minimum absolute atomic E-state index is 0.0159. The summed E-state index contributed by atoms with van der Waals surface area (Å²) in [6.07, 6.45) is 4.45. The Morgan fingerprint density at radius 2 is 1.93 bits per heavy atom. The van der Waals surface area contributed by atoms with Gasteiger partial charge in [-0.2, -0.15) is 5.10 Å². The number of aryl methyl sites for hydroxylation is 1. The van der Waals surface area contributed by atoms with Crippen LogP contribution in [0.1, 0.15) is 43.5 Å². The number of nitrogens with zero attached hydrogens (tertiary/aromatic N) is 4. The highest BCUT2D eigenvalue weighted by Gasteiger charge is 2.42. The third kappa shape index (κ3) is 3.83. The highest BCUT2D eigenvalue weighted by atomic mass is 19.1. The summed E-state index contributed by atoms with van der Waals surface area (Å²) < 4.78 is 37.7. The van der Waals surface area contributed by atoms with Crippen molar-refractivity contribution in [2.24, 2.45) is 0 Å². The van der Waals surface area contributed by atoms with E-state index in [-0.39, 0.29) is 42.8 Å². The minimum Gasteiger partial charge on any atom is -0.373 e. The maximum atomic E-state index is 14.9. The smallest absolute Gasteiger partial charge is 0.346 e. The molecule has 0 amide bonds. The Morgan fingerprint density at radius 1 is 1.17 bits per heavy atom. The highest BCUT2D eigenvalue weighted by molar-refractivity contribution is 5.16. The van der Waals surface area contributed by atoms with E-state index in [0.29, 0.717) is 18.7 Å². The van der Waals surface area contributed by atoms with Gasteiger partial charge in [0.1, 0.15) is 17.8 Å². The Balaban J connectivity index is 1.16. The second kappa shape index (κ2) is 8.23. The van der Waals surface area contributed by atoms with Crippen LogP contribution in [0.3, 0.4) is 0 Å². The summed E-state index contributed by atoms with van der Waals surface area (Å²) in [5, 5.41) is 4.31. The summed E-state index contributed by atoms with van der Waals surface area (Å²) in [4.78, 5) is 14.6. The maximum absolute atomic E-state index is 14.9. The lowest BCUT2D eigenvalue weighted by atomic mass is 9.99. The average Bonchev–Trinajstić information content (AvgIpc) is 3.36. The molecule has 4 heterocycles. The molecule has 3 unspecified atom stereocenters. The van der Waals surface area contributed by atoms with Gasteiger partial charge in [-0.3, -0.25) is 9.47 Å². The lowest BCUT2D eigenvalue weighted by Crippen LogP contribution is -2.48.